The van der Waals surface area contributed by atoms with Crippen molar-refractivity contribution in [1.82, 2.24) is 5.32 Å². The second-order valence-electron chi connectivity index (χ2n) is 4.28. The van der Waals surface area contributed by atoms with Crippen LogP contribution in [0.15, 0.2) is 18.2 Å². The van der Waals surface area contributed by atoms with E-state index in [1.165, 1.54) is 7.11 Å². The minimum Gasteiger partial charge on any atom is -0.394 e. The molecule has 1 amide bonds. The normalized spacial score (nSPS) is 15.2. The van der Waals surface area contributed by atoms with E-state index in [-0.39, 0.29) is 25.2 Å². The van der Waals surface area contributed by atoms with E-state index < -0.39 is 0 Å². The van der Waals surface area contributed by atoms with Crippen molar-refractivity contribution in [2.45, 2.75) is 19.3 Å². The van der Waals surface area contributed by atoms with Gasteiger partial charge in [-0.3, -0.25) is 4.79 Å². The number of benzene rings is 1. The minimum absolute atomic E-state index is 0.145. The molecule has 1 unspecified atom stereocenters. The molecule has 0 saturated carbocycles. The van der Waals surface area contributed by atoms with Crippen molar-refractivity contribution in [3.05, 3.63) is 34.9 Å². The Bertz CT molecular complexity index is 433. The summed E-state index contributed by atoms with van der Waals surface area (Å²) in [4.78, 5) is 12.0. The van der Waals surface area contributed by atoms with Crippen LogP contribution >= 0.6 is 0 Å². The van der Waals surface area contributed by atoms with Gasteiger partial charge in [0.25, 0.3) is 5.91 Å². The zero-order chi connectivity index (χ0) is 13.0. The SMILES string of the molecule is COCC(CO)NC(=O)c1ccc2c(c1)COC2. The molecule has 1 aliphatic rings. The van der Waals surface area contributed by atoms with Gasteiger partial charge in [0.2, 0.25) is 0 Å². The Morgan fingerprint density at radius 3 is 3.00 bits per heavy atom. The number of carbonyl (C=O) groups is 1. The fraction of sp³-hybridized carbons (Fsp3) is 0.462. The maximum atomic E-state index is 12.0. The van der Waals surface area contributed by atoms with E-state index in [1.807, 2.05) is 12.1 Å². The lowest BCUT2D eigenvalue weighted by molar-refractivity contribution is 0.0839. The molecule has 0 fully saturated rings. The van der Waals surface area contributed by atoms with Crippen LogP contribution in [0.4, 0.5) is 0 Å². The Hall–Kier alpha value is -1.43. The van der Waals surface area contributed by atoms with Crippen LogP contribution in [0.3, 0.4) is 0 Å². The standard InChI is InChI=1S/C13H17NO4/c1-17-8-12(5-15)14-13(16)9-2-3-10-6-18-7-11(10)4-9/h2-4,12,15H,5-8H2,1H3,(H,14,16). The molecule has 1 aromatic carbocycles. The maximum Gasteiger partial charge on any atom is 0.251 e. The molecule has 0 saturated heterocycles. The lowest BCUT2D eigenvalue weighted by atomic mass is 10.1. The van der Waals surface area contributed by atoms with Crippen molar-refractivity contribution in [2.75, 3.05) is 20.3 Å². The van der Waals surface area contributed by atoms with Crippen molar-refractivity contribution < 1.29 is 19.4 Å². The number of amides is 1. The summed E-state index contributed by atoms with van der Waals surface area (Å²) in [7, 11) is 1.53. The van der Waals surface area contributed by atoms with Gasteiger partial charge in [0.1, 0.15) is 0 Å². The van der Waals surface area contributed by atoms with E-state index in [4.69, 9.17) is 14.6 Å². The van der Waals surface area contributed by atoms with Gasteiger partial charge in [-0.1, -0.05) is 6.07 Å². The molecule has 2 rings (SSSR count). The smallest absolute Gasteiger partial charge is 0.251 e. The first-order valence-corrected chi connectivity index (χ1v) is 5.84. The van der Waals surface area contributed by atoms with E-state index >= 15 is 0 Å². The third kappa shape index (κ3) is 2.87. The summed E-state index contributed by atoms with van der Waals surface area (Å²) in [5.41, 5.74) is 2.76. The van der Waals surface area contributed by atoms with Gasteiger partial charge in [-0.25, -0.2) is 0 Å². The van der Waals surface area contributed by atoms with Crippen LogP contribution < -0.4 is 5.32 Å². The van der Waals surface area contributed by atoms with E-state index in [0.29, 0.717) is 18.8 Å². The van der Waals surface area contributed by atoms with Crippen molar-refractivity contribution in [1.29, 1.82) is 0 Å². The third-order valence-electron chi connectivity index (χ3n) is 2.91. The highest BCUT2D eigenvalue weighted by molar-refractivity contribution is 5.94. The average molecular weight is 251 g/mol. The molecule has 2 N–H and O–H groups in total. The van der Waals surface area contributed by atoms with Crippen LogP contribution in [0.2, 0.25) is 0 Å². The van der Waals surface area contributed by atoms with Gasteiger partial charge in [0.15, 0.2) is 0 Å². The van der Waals surface area contributed by atoms with Gasteiger partial charge in [0, 0.05) is 12.7 Å². The summed E-state index contributed by atoms with van der Waals surface area (Å²) in [6, 6.07) is 5.12. The molecule has 5 heteroatoms. The summed E-state index contributed by atoms with van der Waals surface area (Å²) in [6.07, 6.45) is 0. The number of methoxy groups -OCH3 is 1. The number of aliphatic hydroxyl groups is 1. The predicted octanol–water partition coefficient (Wildman–Crippen LogP) is 0.454. The van der Waals surface area contributed by atoms with Gasteiger partial charge in [-0.05, 0) is 23.3 Å². The predicted molar refractivity (Wildman–Crippen MR) is 65.2 cm³/mol. The summed E-state index contributed by atoms with van der Waals surface area (Å²) >= 11 is 0. The number of aliphatic hydroxyl groups excluding tert-OH is 1. The number of nitrogens with one attached hydrogen (secondary N) is 1. The first kappa shape index (κ1) is 13.0. The van der Waals surface area contributed by atoms with Gasteiger partial charge in [-0.15, -0.1) is 0 Å². The van der Waals surface area contributed by atoms with Crippen molar-refractivity contribution in [3.63, 3.8) is 0 Å². The number of hydrogen-bond acceptors (Lipinski definition) is 4. The van der Waals surface area contributed by atoms with Crippen LogP contribution in [0.1, 0.15) is 21.5 Å². The molecule has 0 spiro atoms. The average Bonchev–Trinajstić information content (AvgIpc) is 2.85. The largest absolute Gasteiger partial charge is 0.394 e. The monoisotopic (exact) mass is 251 g/mol. The Balaban J connectivity index is 2.04. The van der Waals surface area contributed by atoms with Crippen LogP contribution in [0, 0.1) is 0 Å². The molecule has 98 valence electrons. The Morgan fingerprint density at radius 2 is 2.28 bits per heavy atom. The maximum absolute atomic E-state index is 12.0. The Labute approximate surface area is 106 Å². The zero-order valence-electron chi connectivity index (χ0n) is 10.3. The van der Waals surface area contributed by atoms with Gasteiger partial charge in [-0.2, -0.15) is 0 Å². The molecule has 5 nitrogen and oxygen atoms in total. The van der Waals surface area contributed by atoms with Crippen LogP contribution in [-0.2, 0) is 22.7 Å². The van der Waals surface area contributed by atoms with E-state index in [2.05, 4.69) is 5.32 Å². The van der Waals surface area contributed by atoms with E-state index in [1.54, 1.807) is 6.07 Å². The molecule has 0 aliphatic carbocycles. The summed E-state index contributed by atoms with van der Waals surface area (Å²) in [6.45, 7) is 1.31. The fourth-order valence-corrected chi connectivity index (χ4v) is 1.92. The molecule has 1 aromatic rings. The second-order valence-corrected chi connectivity index (χ2v) is 4.28. The van der Waals surface area contributed by atoms with Gasteiger partial charge < -0.3 is 19.9 Å². The van der Waals surface area contributed by atoms with Crippen LogP contribution in [0.5, 0.6) is 0 Å². The molecule has 18 heavy (non-hydrogen) atoms. The third-order valence-corrected chi connectivity index (χ3v) is 2.91. The van der Waals surface area contributed by atoms with E-state index in [9.17, 15) is 4.79 Å². The fourth-order valence-electron chi connectivity index (χ4n) is 1.92. The van der Waals surface area contributed by atoms with Crippen LogP contribution in [0.25, 0.3) is 0 Å². The van der Waals surface area contributed by atoms with E-state index in [0.717, 1.165) is 11.1 Å². The number of ether oxygens (including phenoxy) is 2. The molecule has 0 bridgehead atoms. The number of carbonyl (C=O) groups excluding carboxylic acids is 1. The first-order valence-electron chi connectivity index (χ1n) is 5.84. The minimum atomic E-state index is -0.382. The van der Waals surface area contributed by atoms with Crippen molar-refractivity contribution in [2.24, 2.45) is 0 Å². The van der Waals surface area contributed by atoms with Gasteiger partial charge >= 0.3 is 0 Å². The highest BCUT2D eigenvalue weighted by Crippen LogP contribution is 2.20. The molecule has 1 heterocycles. The molecule has 1 aliphatic heterocycles. The highest BCUT2D eigenvalue weighted by atomic mass is 16.5. The zero-order valence-corrected chi connectivity index (χ0v) is 10.3. The molecule has 0 aromatic heterocycles. The summed E-state index contributed by atoms with van der Waals surface area (Å²) < 4.78 is 10.2. The first-order chi connectivity index (χ1) is 8.74. The molecule has 1 atom stereocenters. The Morgan fingerprint density at radius 1 is 1.50 bits per heavy atom. The highest BCUT2D eigenvalue weighted by Gasteiger charge is 2.16. The van der Waals surface area contributed by atoms with Gasteiger partial charge in [0.05, 0.1) is 32.5 Å². The second kappa shape index (κ2) is 5.95. The van der Waals surface area contributed by atoms with Crippen molar-refractivity contribution in [3.8, 4) is 0 Å². The number of hydrogen-bond donors (Lipinski definition) is 2. The number of rotatable bonds is 5. The molecular formula is C13H17NO4. The molecular weight excluding hydrogens is 234 g/mol. The lowest BCUT2D eigenvalue weighted by Crippen LogP contribution is -2.40. The quantitative estimate of drug-likeness (QED) is 0.797. The lowest BCUT2D eigenvalue weighted by Gasteiger charge is -2.15. The summed E-state index contributed by atoms with van der Waals surface area (Å²) in [5.74, 6) is -0.208. The van der Waals surface area contributed by atoms with Crippen LogP contribution in [-0.4, -0.2) is 37.4 Å². The summed E-state index contributed by atoms with van der Waals surface area (Å²) in [5, 5.41) is 11.8. The molecule has 0 radical (unpaired) electrons. The topological polar surface area (TPSA) is 67.8 Å². The number of fused-ring (bicyclic) bond motifs is 1. The van der Waals surface area contributed by atoms with Crippen molar-refractivity contribution >= 4 is 5.91 Å². The Kier molecular flexibility index (Phi) is 4.30.